The van der Waals surface area contributed by atoms with Gasteiger partial charge in [0, 0.05) is 10.9 Å². The van der Waals surface area contributed by atoms with Gasteiger partial charge in [0.15, 0.2) is 0 Å². The van der Waals surface area contributed by atoms with Crippen molar-refractivity contribution in [2.45, 2.75) is 12.7 Å². The van der Waals surface area contributed by atoms with Gasteiger partial charge in [-0.3, -0.25) is 0 Å². The second-order valence-electron chi connectivity index (χ2n) is 4.77. The van der Waals surface area contributed by atoms with E-state index in [9.17, 15) is 13.2 Å². The average molecular weight is 335 g/mol. The highest BCUT2D eigenvalue weighted by molar-refractivity contribution is 7.13. The molecule has 0 saturated carbocycles. The van der Waals surface area contributed by atoms with E-state index in [1.54, 1.807) is 0 Å². The normalized spacial score (nSPS) is 11.4. The molecule has 3 aromatic rings. The van der Waals surface area contributed by atoms with Gasteiger partial charge in [-0.05, 0) is 12.1 Å². The smallest absolute Gasteiger partial charge is 0.364 e. The first kappa shape index (κ1) is 15.5. The van der Waals surface area contributed by atoms with Crippen LogP contribution in [0.1, 0.15) is 11.4 Å². The van der Waals surface area contributed by atoms with E-state index in [0.29, 0.717) is 6.54 Å². The van der Waals surface area contributed by atoms with Crippen LogP contribution in [0.25, 0.3) is 10.6 Å². The Bertz CT molecular complexity index is 785. The molecule has 3 rings (SSSR count). The Kier molecular flexibility index (Phi) is 4.29. The molecule has 118 valence electrons. The number of hydrogen-bond donors (Lipinski definition) is 1. The SMILES string of the molecule is FC(F)(F)c1cccc(NCc2csc(-c3ccccc3)n2)n1. The number of benzene rings is 1. The lowest BCUT2D eigenvalue weighted by atomic mass is 10.2. The maximum atomic E-state index is 12.6. The quantitative estimate of drug-likeness (QED) is 0.742. The van der Waals surface area contributed by atoms with E-state index in [0.717, 1.165) is 22.3 Å². The summed E-state index contributed by atoms with van der Waals surface area (Å²) in [5, 5.41) is 5.62. The third-order valence-corrected chi connectivity index (χ3v) is 4.00. The molecule has 1 N–H and O–H groups in total. The largest absolute Gasteiger partial charge is 0.433 e. The summed E-state index contributed by atoms with van der Waals surface area (Å²) in [5.74, 6) is 0.175. The van der Waals surface area contributed by atoms with Crippen molar-refractivity contribution in [2.24, 2.45) is 0 Å². The highest BCUT2D eigenvalue weighted by Crippen LogP contribution is 2.28. The number of thiazole rings is 1. The van der Waals surface area contributed by atoms with Crippen LogP contribution in [0, 0.1) is 0 Å². The van der Waals surface area contributed by atoms with Crippen LogP contribution in [0.3, 0.4) is 0 Å². The van der Waals surface area contributed by atoms with E-state index in [4.69, 9.17) is 0 Å². The predicted octanol–water partition coefficient (Wildman–Crippen LogP) is 4.84. The molecule has 0 bridgehead atoms. The molecule has 0 unspecified atom stereocenters. The molecule has 2 heterocycles. The second-order valence-corrected chi connectivity index (χ2v) is 5.63. The Morgan fingerprint density at radius 3 is 2.48 bits per heavy atom. The van der Waals surface area contributed by atoms with Gasteiger partial charge in [0.2, 0.25) is 0 Å². The van der Waals surface area contributed by atoms with E-state index in [2.05, 4.69) is 15.3 Å². The van der Waals surface area contributed by atoms with Gasteiger partial charge in [-0.25, -0.2) is 9.97 Å². The Labute approximate surface area is 134 Å². The highest BCUT2D eigenvalue weighted by Gasteiger charge is 2.32. The first-order valence-electron chi connectivity index (χ1n) is 6.80. The molecule has 0 amide bonds. The van der Waals surface area contributed by atoms with Crippen LogP contribution in [0.15, 0.2) is 53.9 Å². The van der Waals surface area contributed by atoms with Crippen LogP contribution in [-0.4, -0.2) is 9.97 Å². The standard InChI is InChI=1S/C16H12F3N3S/c17-16(18,19)13-7-4-8-14(22-13)20-9-12-10-23-15(21-12)11-5-2-1-3-6-11/h1-8,10H,9H2,(H,20,22). The molecular weight excluding hydrogens is 323 g/mol. The molecule has 0 atom stereocenters. The van der Waals surface area contributed by atoms with Crippen LogP contribution in [-0.2, 0) is 12.7 Å². The number of halogens is 3. The Hall–Kier alpha value is -2.41. The summed E-state index contributed by atoms with van der Waals surface area (Å²) in [4.78, 5) is 8.04. The van der Waals surface area contributed by atoms with Crippen LogP contribution in [0.2, 0.25) is 0 Å². The van der Waals surface area contributed by atoms with Crippen molar-refractivity contribution in [3.63, 3.8) is 0 Å². The summed E-state index contributed by atoms with van der Waals surface area (Å²) >= 11 is 1.49. The maximum absolute atomic E-state index is 12.6. The molecule has 3 nitrogen and oxygen atoms in total. The lowest BCUT2D eigenvalue weighted by Gasteiger charge is -2.08. The summed E-state index contributed by atoms with van der Waals surface area (Å²) in [7, 11) is 0. The Morgan fingerprint density at radius 2 is 1.74 bits per heavy atom. The monoisotopic (exact) mass is 335 g/mol. The minimum Gasteiger partial charge on any atom is -0.364 e. The van der Waals surface area contributed by atoms with Crippen LogP contribution < -0.4 is 5.32 Å². The van der Waals surface area contributed by atoms with Crippen molar-refractivity contribution < 1.29 is 13.2 Å². The van der Waals surface area contributed by atoms with Crippen LogP contribution in [0.5, 0.6) is 0 Å². The van der Waals surface area contributed by atoms with Crippen molar-refractivity contribution in [1.29, 1.82) is 0 Å². The summed E-state index contributed by atoms with van der Waals surface area (Å²) in [6.45, 7) is 0.317. The molecule has 0 aliphatic heterocycles. The fourth-order valence-electron chi connectivity index (χ4n) is 1.97. The molecule has 2 aromatic heterocycles. The molecule has 0 radical (unpaired) electrons. The highest BCUT2D eigenvalue weighted by atomic mass is 32.1. The molecular formula is C16H12F3N3S. The molecule has 23 heavy (non-hydrogen) atoms. The third kappa shape index (κ3) is 3.87. The van der Waals surface area contributed by atoms with Crippen molar-refractivity contribution in [3.8, 4) is 10.6 Å². The van der Waals surface area contributed by atoms with Gasteiger partial charge in [0.05, 0.1) is 12.2 Å². The number of aromatic nitrogens is 2. The molecule has 0 fully saturated rings. The van der Waals surface area contributed by atoms with Gasteiger partial charge < -0.3 is 5.32 Å². The van der Waals surface area contributed by atoms with Crippen molar-refractivity contribution in [2.75, 3.05) is 5.32 Å². The van der Waals surface area contributed by atoms with Crippen molar-refractivity contribution >= 4 is 17.2 Å². The van der Waals surface area contributed by atoms with Crippen LogP contribution in [0.4, 0.5) is 19.0 Å². The zero-order chi connectivity index (χ0) is 16.3. The van der Waals surface area contributed by atoms with Crippen LogP contribution >= 0.6 is 11.3 Å². The number of rotatable bonds is 4. The molecule has 0 aliphatic carbocycles. The van der Waals surface area contributed by atoms with Crippen molar-refractivity contribution in [1.82, 2.24) is 9.97 Å². The Morgan fingerprint density at radius 1 is 0.957 bits per heavy atom. The topological polar surface area (TPSA) is 37.8 Å². The number of alkyl halides is 3. The summed E-state index contributed by atoms with van der Waals surface area (Å²) < 4.78 is 37.9. The lowest BCUT2D eigenvalue weighted by molar-refractivity contribution is -0.141. The summed E-state index contributed by atoms with van der Waals surface area (Å²) in [5.41, 5.74) is 0.861. The van der Waals surface area contributed by atoms with Gasteiger partial charge in [-0.15, -0.1) is 11.3 Å². The molecule has 0 saturated heterocycles. The number of nitrogens with one attached hydrogen (secondary N) is 1. The zero-order valence-electron chi connectivity index (χ0n) is 11.8. The minimum atomic E-state index is -4.45. The maximum Gasteiger partial charge on any atom is 0.433 e. The summed E-state index contributed by atoms with van der Waals surface area (Å²) in [6.07, 6.45) is -4.45. The predicted molar refractivity (Wildman–Crippen MR) is 84.1 cm³/mol. The first-order valence-corrected chi connectivity index (χ1v) is 7.68. The van der Waals surface area contributed by atoms with E-state index in [1.165, 1.54) is 23.5 Å². The molecule has 7 heteroatoms. The zero-order valence-corrected chi connectivity index (χ0v) is 12.7. The minimum absolute atomic E-state index is 0.175. The summed E-state index contributed by atoms with van der Waals surface area (Å²) in [6, 6.07) is 13.5. The number of pyridine rings is 1. The van der Waals surface area contributed by atoms with Crippen molar-refractivity contribution in [3.05, 3.63) is 65.3 Å². The van der Waals surface area contributed by atoms with Gasteiger partial charge in [0.25, 0.3) is 0 Å². The lowest BCUT2D eigenvalue weighted by Crippen LogP contribution is -2.10. The van der Waals surface area contributed by atoms with Gasteiger partial charge in [-0.1, -0.05) is 36.4 Å². The van der Waals surface area contributed by atoms with E-state index < -0.39 is 11.9 Å². The van der Waals surface area contributed by atoms with Gasteiger partial charge in [0.1, 0.15) is 16.5 Å². The molecule has 0 spiro atoms. The number of hydrogen-bond acceptors (Lipinski definition) is 4. The molecule has 1 aromatic carbocycles. The fraction of sp³-hybridized carbons (Fsp3) is 0.125. The van der Waals surface area contributed by atoms with E-state index in [1.807, 2.05) is 35.7 Å². The van der Waals surface area contributed by atoms with E-state index >= 15 is 0 Å². The average Bonchev–Trinajstić information content (AvgIpc) is 3.02. The first-order chi connectivity index (χ1) is 11.0. The second kappa shape index (κ2) is 6.37. The van der Waals surface area contributed by atoms with Gasteiger partial charge in [-0.2, -0.15) is 13.2 Å². The number of nitrogens with zero attached hydrogens (tertiary/aromatic N) is 2. The molecule has 0 aliphatic rings. The van der Waals surface area contributed by atoms with E-state index in [-0.39, 0.29) is 5.82 Å². The fourth-order valence-corrected chi connectivity index (χ4v) is 2.80. The third-order valence-electron chi connectivity index (χ3n) is 3.06. The Balaban J connectivity index is 1.69. The van der Waals surface area contributed by atoms with Gasteiger partial charge >= 0.3 is 6.18 Å². The number of anilines is 1.